The van der Waals surface area contributed by atoms with Crippen molar-refractivity contribution in [2.75, 3.05) is 14.2 Å². The second-order valence-electron chi connectivity index (χ2n) is 8.77. The minimum absolute atomic E-state index is 0.227. The third kappa shape index (κ3) is 6.18. The van der Waals surface area contributed by atoms with E-state index in [4.69, 9.17) is 4.74 Å². The van der Waals surface area contributed by atoms with Gasteiger partial charge in [-0.2, -0.15) is 26.3 Å². The zero-order chi connectivity index (χ0) is 31.3. The van der Waals surface area contributed by atoms with E-state index in [0.717, 1.165) is 7.11 Å². The number of alkyl halides is 6. The van der Waals surface area contributed by atoms with Gasteiger partial charge in [0.15, 0.2) is 5.66 Å². The van der Waals surface area contributed by atoms with Gasteiger partial charge >= 0.3 is 24.3 Å². The second-order valence-corrected chi connectivity index (χ2v) is 12.3. The summed E-state index contributed by atoms with van der Waals surface area (Å²) in [5.74, 6) is -12.7. The summed E-state index contributed by atoms with van der Waals surface area (Å²) >= 11 is 0. The van der Waals surface area contributed by atoms with Crippen LogP contribution in [0.1, 0.15) is 0 Å². The number of esters is 2. The van der Waals surface area contributed by atoms with Crippen LogP contribution < -0.4 is 21.0 Å². The van der Waals surface area contributed by atoms with Crippen molar-refractivity contribution < 1.29 is 55.3 Å². The maximum atomic E-state index is 13.8. The van der Waals surface area contributed by atoms with Gasteiger partial charge < -0.3 is 14.6 Å². The number of ketones is 1. The van der Waals surface area contributed by atoms with Crippen molar-refractivity contribution in [2.45, 2.75) is 18.0 Å². The Balaban J connectivity index is 2.68. The monoisotopic (exact) mass is 612 g/mol. The van der Waals surface area contributed by atoms with Gasteiger partial charge in [-0.25, -0.2) is 4.79 Å². The van der Waals surface area contributed by atoms with Crippen molar-refractivity contribution in [3.8, 4) is 0 Å². The second kappa shape index (κ2) is 12.8. The van der Waals surface area contributed by atoms with Gasteiger partial charge in [0.1, 0.15) is 29.1 Å². The van der Waals surface area contributed by atoms with Gasteiger partial charge in [0.2, 0.25) is 0 Å². The van der Waals surface area contributed by atoms with E-state index in [-0.39, 0.29) is 15.9 Å². The summed E-state index contributed by atoms with van der Waals surface area (Å²) < 4.78 is 92.6. The number of hydrogen-bond acceptors (Lipinski definition) is 6. The van der Waals surface area contributed by atoms with E-state index >= 15 is 0 Å². The first-order chi connectivity index (χ1) is 19.7. The smallest absolute Gasteiger partial charge is 0.454 e. The Morgan fingerprint density at radius 2 is 1.00 bits per heavy atom. The summed E-state index contributed by atoms with van der Waals surface area (Å²) in [5, 5.41) is 13.3. The van der Waals surface area contributed by atoms with Crippen LogP contribution in [0.3, 0.4) is 0 Å². The summed E-state index contributed by atoms with van der Waals surface area (Å²) in [4.78, 5) is 39.8. The van der Waals surface area contributed by atoms with E-state index in [0.29, 0.717) is 7.11 Å². The zero-order valence-corrected chi connectivity index (χ0v) is 22.9. The molecule has 0 heterocycles. The molecule has 3 aromatic rings. The molecule has 42 heavy (non-hydrogen) atoms. The normalized spacial score (nSPS) is 14.3. The molecule has 0 aromatic heterocycles. The van der Waals surface area contributed by atoms with Crippen LogP contribution in [-0.2, 0) is 23.9 Å². The first-order valence-electron chi connectivity index (χ1n) is 12.0. The van der Waals surface area contributed by atoms with Crippen molar-refractivity contribution >= 4 is 40.9 Å². The Bertz CT molecular complexity index is 1340. The van der Waals surface area contributed by atoms with E-state index < -0.39 is 60.2 Å². The number of allylic oxidation sites excluding steroid dienone is 1. The van der Waals surface area contributed by atoms with Crippen LogP contribution in [0.25, 0.3) is 0 Å². The maximum absolute atomic E-state index is 13.8. The Kier molecular flexibility index (Phi) is 9.83. The van der Waals surface area contributed by atoms with E-state index in [9.17, 15) is 45.8 Å². The number of rotatable bonds is 9. The highest BCUT2D eigenvalue weighted by molar-refractivity contribution is 7.97. The number of halogens is 6. The number of carbonyl (C=O) groups excluding carboxylic acids is 3. The summed E-state index contributed by atoms with van der Waals surface area (Å²) in [6, 6.07) is 22.7. The quantitative estimate of drug-likeness (QED) is 0.121. The summed E-state index contributed by atoms with van der Waals surface area (Å²) in [5.41, 5.74) is -4.79. The third-order valence-electron chi connectivity index (χ3n) is 6.44. The molecule has 3 rings (SSSR count). The van der Waals surface area contributed by atoms with Gasteiger partial charge in [-0.3, -0.25) is 9.59 Å². The van der Waals surface area contributed by atoms with E-state index in [1.54, 1.807) is 18.2 Å². The predicted molar refractivity (Wildman–Crippen MR) is 141 cm³/mol. The standard InChI is InChI=1S/C29H23F6O6P/c1-40-26(38)21(22(24(36)28(30,31)32)25(37)29(33,34)35)23(27(39)41-2)42(18-12-6-3-7-13-18,19-14-8-4-9-15-19)20-16-10-5-11-17-20/h3-17,21,23H,1-2H3. The molecule has 3 aromatic carbocycles. The predicted octanol–water partition coefficient (Wildman–Crippen LogP) is 3.62. The number of ether oxygens (including phenoxy) is 2. The molecule has 13 heteroatoms. The van der Waals surface area contributed by atoms with Gasteiger partial charge in [-0.1, -0.05) is 54.6 Å². The zero-order valence-electron chi connectivity index (χ0n) is 22.0. The Labute approximate surface area is 236 Å². The molecule has 2 unspecified atom stereocenters. The molecule has 6 nitrogen and oxygen atoms in total. The minimum atomic E-state index is -6.03. The number of carbonyl (C=O) groups is 3. The molecule has 0 bridgehead atoms. The molecule has 0 amide bonds. The minimum Gasteiger partial charge on any atom is -0.869 e. The highest BCUT2D eigenvalue weighted by Gasteiger charge is 2.64. The van der Waals surface area contributed by atoms with Crippen molar-refractivity contribution in [3.05, 3.63) is 102 Å². The Morgan fingerprint density at radius 3 is 1.29 bits per heavy atom. The molecule has 0 spiro atoms. The van der Waals surface area contributed by atoms with Gasteiger partial charge in [0.25, 0.3) is 5.78 Å². The van der Waals surface area contributed by atoms with E-state index in [2.05, 4.69) is 4.74 Å². The summed E-state index contributed by atoms with van der Waals surface area (Å²) in [6.45, 7) is 0. The molecule has 0 aliphatic heterocycles. The van der Waals surface area contributed by atoms with E-state index in [1.807, 2.05) is 0 Å². The molecule has 0 aliphatic rings. The molecule has 0 radical (unpaired) electrons. The molecular weight excluding hydrogens is 589 g/mol. The van der Waals surface area contributed by atoms with Crippen LogP contribution >= 0.6 is 7.26 Å². The molecule has 2 atom stereocenters. The lowest BCUT2D eigenvalue weighted by atomic mass is 9.89. The molecule has 0 N–H and O–H groups in total. The highest BCUT2D eigenvalue weighted by Crippen LogP contribution is 2.63. The highest BCUT2D eigenvalue weighted by atomic mass is 31.2. The molecular formula is C29H23F6O6P. The largest absolute Gasteiger partial charge is 0.869 e. The van der Waals surface area contributed by atoms with Crippen LogP contribution in [0, 0.1) is 5.92 Å². The summed E-state index contributed by atoms with van der Waals surface area (Å²) in [7, 11) is -2.47. The van der Waals surface area contributed by atoms with Gasteiger partial charge in [0.05, 0.1) is 14.2 Å². The average Bonchev–Trinajstić information content (AvgIpc) is 2.98. The van der Waals surface area contributed by atoms with Crippen molar-refractivity contribution in [2.24, 2.45) is 5.92 Å². The maximum Gasteiger partial charge on any atom is 0.454 e. The SMILES string of the molecule is COC(=O)C(/C(C(=O)C(F)(F)F)=C(\[O-])C(F)(F)F)C(C(=O)OC)[P+](c1ccccc1)(c1ccccc1)c1ccccc1. The molecule has 0 aliphatic carbocycles. The molecule has 0 saturated heterocycles. The number of benzene rings is 3. The molecule has 222 valence electrons. The Morgan fingerprint density at radius 1 is 0.643 bits per heavy atom. The number of Topliss-reactive ketones (excluding diaryl/α,β-unsaturated/α-hetero) is 1. The van der Waals surface area contributed by atoms with Crippen molar-refractivity contribution in [1.29, 1.82) is 0 Å². The van der Waals surface area contributed by atoms with Crippen LogP contribution in [0.15, 0.2) is 102 Å². The average molecular weight is 612 g/mol. The topological polar surface area (TPSA) is 92.7 Å². The van der Waals surface area contributed by atoms with Crippen LogP contribution in [0.2, 0.25) is 0 Å². The Hall–Kier alpha value is -4.18. The summed E-state index contributed by atoms with van der Waals surface area (Å²) in [6.07, 6.45) is -12.1. The lowest BCUT2D eigenvalue weighted by Crippen LogP contribution is -2.51. The third-order valence-corrected chi connectivity index (χ3v) is 11.1. The fourth-order valence-electron chi connectivity index (χ4n) is 4.78. The van der Waals surface area contributed by atoms with Gasteiger partial charge in [0, 0.05) is 5.57 Å². The van der Waals surface area contributed by atoms with Crippen LogP contribution in [0.4, 0.5) is 26.3 Å². The molecule has 0 saturated carbocycles. The van der Waals surface area contributed by atoms with E-state index in [1.165, 1.54) is 72.8 Å². The lowest BCUT2D eigenvalue weighted by Gasteiger charge is -2.37. The fraction of sp³-hybridized carbons (Fsp3) is 0.207. The molecule has 0 fully saturated rings. The van der Waals surface area contributed by atoms with Gasteiger partial charge in [-0.15, -0.1) is 0 Å². The van der Waals surface area contributed by atoms with Gasteiger partial charge in [-0.05, 0) is 42.2 Å². The van der Waals surface area contributed by atoms with Crippen molar-refractivity contribution in [1.82, 2.24) is 0 Å². The number of methoxy groups -OCH3 is 2. The van der Waals surface area contributed by atoms with Crippen LogP contribution in [0.5, 0.6) is 0 Å². The lowest BCUT2D eigenvalue weighted by molar-refractivity contribution is -0.362. The van der Waals surface area contributed by atoms with Crippen molar-refractivity contribution in [3.63, 3.8) is 0 Å². The van der Waals surface area contributed by atoms with Crippen LogP contribution in [-0.4, -0.2) is 50.0 Å². The first kappa shape index (κ1) is 32.3. The first-order valence-corrected chi connectivity index (χ1v) is 13.9. The fourth-order valence-corrected chi connectivity index (χ4v) is 9.70. The number of hydrogen-bond donors (Lipinski definition) is 0.